The van der Waals surface area contributed by atoms with Crippen LogP contribution in [0.2, 0.25) is 0 Å². The number of halogens is 1. The summed E-state index contributed by atoms with van der Waals surface area (Å²) in [7, 11) is 2.05. The average Bonchev–Trinajstić information content (AvgIpc) is 2.75. The predicted octanol–water partition coefficient (Wildman–Crippen LogP) is 1.07. The van der Waals surface area contributed by atoms with Crippen LogP contribution >= 0.6 is 27.3 Å². The van der Waals surface area contributed by atoms with E-state index in [2.05, 4.69) is 37.5 Å². The van der Waals surface area contributed by atoms with Gasteiger partial charge in [0.2, 0.25) is 5.91 Å². The molecule has 0 bridgehead atoms. The third kappa shape index (κ3) is 4.05. The van der Waals surface area contributed by atoms with Gasteiger partial charge in [-0.1, -0.05) is 0 Å². The first-order chi connectivity index (χ1) is 8.65. The van der Waals surface area contributed by atoms with E-state index >= 15 is 0 Å². The molecule has 100 valence electrons. The first kappa shape index (κ1) is 14.0. The molecule has 6 heteroatoms. The predicted molar refractivity (Wildman–Crippen MR) is 78.0 cm³/mol. The molecule has 2 heterocycles. The number of hydrogen-bond donors (Lipinski definition) is 2. The number of amides is 1. The Balaban J connectivity index is 1.71. The Hall–Kier alpha value is -0.430. The van der Waals surface area contributed by atoms with Gasteiger partial charge in [0.25, 0.3) is 0 Å². The van der Waals surface area contributed by atoms with Crippen LogP contribution in [0.3, 0.4) is 0 Å². The van der Waals surface area contributed by atoms with Crippen LogP contribution in [0.1, 0.15) is 4.88 Å². The highest BCUT2D eigenvalue weighted by Crippen LogP contribution is 2.21. The molecule has 1 unspecified atom stereocenters. The largest absolute Gasteiger partial charge is 0.354 e. The van der Waals surface area contributed by atoms with Crippen LogP contribution < -0.4 is 10.6 Å². The smallest absolute Gasteiger partial charge is 0.238 e. The molecule has 1 aromatic rings. The highest BCUT2D eigenvalue weighted by molar-refractivity contribution is 9.11. The fraction of sp³-hybridized carbons (Fsp3) is 0.583. The summed E-state index contributed by atoms with van der Waals surface area (Å²) in [6.07, 6.45) is 0.893. The lowest BCUT2D eigenvalue weighted by Gasteiger charge is -2.29. The van der Waals surface area contributed by atoms with Gasteiger partial charge in [-0.25, -0.2) is 0 Å². The topological polar surface area (TPSA) is 44.4 Å². The minimum Gasteiger partial charge on any atom is -0.354 e. The number of carbonyl (C=O) groups excluding carboxylic acids is 1. The van der Waals surface area contributed by atoms with Gasteiger partial charge in [0, 0.05) is 31.1 Å². The highest BCUT2D eigenvalue weighted by atomic mass is 79.9. The monoisotopic (exact) mass is 331 g/mol. The summed E-state index contributed by atoms with van der Waals surface area (Å²) < 4.78 is 1.14. The van der Waals surface area contributed by atoms with E-state index in [9.17, 15) is 4.79 Å². The Kier molecular flexibility index (Phi) is 5.17. The van der Waals surface area contributed by atoms with Crippen LogP contribution in [-0.2, 0) is 11.2 Å². The molecule has 1 fully saturated rings. The average molecular weight is 332 g/mol. The molecule has 1 amide bonds. The number of nitrogens with zero attached hydrogens (tertiary/aromatic N) is 1. The Morgan fingerprint density at radius 1 is 1.67 bits per heavy atom. The van der Waals surface area contributed by atoms with E-state index in [0.29, 0.717) is 6.54 Å². The molecule has 0 saturated carbocycles. The number of hydrogen-bond acceptors (Lipinski definition) is 4. The van der Waals surface area contributed by atoms with Gasteiger partial charge >= 0.3 is 0 Å². The summed E-state index contributed by atoms with van der Waals surface area (Å²) >= 11 is 5.15. The number of thiophene rings is 1. The second-order valence-corrected chi connectivity index (χ2v) is 7.06. The molecule has 2 rings (SSSR count). The van der Waals surface area contributed by atoms with Crippen molar-refractivity contribution in [2.75, 3.05) is 33.2 Å². The maximum Gasteiger partial charge on any atom is 0.238 e. The normalized spacial score (nSPS) is 20.9. The first-order valence-corrected chi connectivity index (χ1v) is 7.70. The van der Waals surface area contributed by atoms with E-state index in [0.717, 1.165) is 29.8 Å². The molecule has 1 saturated heterocycles. The summed E-state index contributed by atoms with van der Waals surface area (Å²) in [6.45, 7) is 3.38. The summed E-state index contributed by atoms with van der Waals surface area (Å²) in [5, 5.41) is 6.24. The van der Waals surface area contributed by atoms with E-state index in [4.69, 9.17) is 0 Å². The van der Waals surface area contributed by atoms with Crippen molar-refractivity contribution in [2.24, 2.45) is 0 Å². The number of rotatable bonds is 4. The van der Waals surface area contributed by atoms with Crippen molar-refractivity contribution in [2.45, 2.75) is 12.5 Å². The van der Waals surface area contributed by atoms with Crippen molar-refractivity contribution in [3.8, 4) is 0 Å². The highest BCUT2D eigenvalue weighted by Gasteiger charge is 2.22. The van der Waals surface area contributed by atoms with Gasteiger partial charge < -0.3 is 15.5 Å². The maximum atomic E-state index is 11.9. The van der Waals surface area contributed by atoms with Gasteiger partial charge in [0.15, 0.2) is 0 Å². The van der Waals surface area contributed by atoms with E-state index in [1.54, 1.807) is 11.3 Å². The van der Waals surface area contributed by atoms with Crippen LogP contribution in [0.5, 0.6) is 0 Å². The minimum atomic E-state index is -0.0705. The standard InChI is InChI=1S/C12H18BrN3OS/c1-16-7-6-14-10(8-16)12(17)15-5-4-9-2-3-11(13)18-9/h2-3,10,14H,4-8H2,1H3,(H,15,17). The van der Waals surface area contributed by atoms with Gasteiger partial charge in [0.05, 0.1) is 9.83 Å². The molecular weight excluding hydrogens is 314 g/mol. The van der Waals surface area contributed by atoms with Crippen LogP contribution in [-0.4, -0.2) is 50.1 Å². The van der Waals surface area contributed by atoms with Gasteiger partial charge in [-0.05, 0) is 41.5 Å². The zero-order valence-electron chi connectivity index (χ0n) is 10.4. The lowest BCUT2D eigenvalue weighted by Crippen LogP contribution is -2.56. The van der Waals surface area contributed by atoms with E-state index in [-0.39, 0.29) is 11.9 Å². The van der Waals surface area contributed by atoms with Crippen molar-refractivity contribution in [1.29, 1.82) is 0 Å². The third-order valence-corrected chi connectivity index (χ3v) is 4.68. The fourth-order valence-corrected chi connectivity index (χ4v) is 3.47. The molecular formula is C12H18BrN3OS. The first-order valence-electron chi connectivity index (χ1n) is 6.09. The van der Waals surface area contributed by atoms with Crippen molar-refractivity contribution < 1.29 is 4.79 Å². The molecule has 0 aromatic carbocycles. The fourth-order valence-electron chi connectivity index (χ4n) is 1.99. The van der Waals surface area contributed by atoms with Crippen LogP contribution in [0.25, 0.3) is 0 Å². The van der Waals surface area contributed by atoms with Crippen LogP contribution in [0, 0.1) is 0 Å². The Bertz CT molecular complexity index is 410. The van der Waals surface area contributed by atoms with Gasteiger partial charge in [-0.15, -0.1) is 11.3 Å². The number of carbonyl (C=O) groups is 1. The molecule has 1 aromatic heterocycles. The number of nitrogens with one attached hydrogen (secondary N) is 2. The zero-order valence-corrected chi connectivity index (χ0v) is 12.8. The zero-order chi connectivity index (χ0) is 13.0. The second kappa shape index (κ2) is 6.65. The van der Waals surface area contributed by atoms with E-state index in [1.165, 1.54) is 4.88 Å². The summed E-state index contributed by atoms with van der Waals surface area (Å²) in [5.74, 6) is 0.108. The van der Waals surface area contributed by atoms with Gasteiger partial charge in [-0.3, -0.25) is 4.79 Å². The molecule has 1 aliphatic heterocycles. The van der Waals surface area contributed by atoms with E-state index < -0.39 is 0 Å². The lowest BCUT2D eigenvalue weighted by molar-refractivity contribution is -0.124. The Morgan fingerprint density at radius 3 is 3.17 bits per heavy atom. The van der Waals surface area contributed by atoms with Crippen LogP contribution in [0.15, 0.2) is 15.9 Å². The summed E-state index contributed by atoms with van der Waals surface area (Å²) in [4.78, 5) is 15.4. The SMILES string of the molecule is CN1CCNC(C(=O)NCCc2ccc(Br)s2)C1. The van der Waals surface area contributed by atoms with Crippen molar-refractivity contribution >= 4 is 33.2 Å². The molecule has 0 aliphatic carbocycles. The quantitative estimate of drug-likeness (QED) is 0.867. The van der Waals surface area contributed by atoms with Crippen molar-refractivity contribution in [3.05, 3.63) is 20.8 Å². The minimum absolute atomic E-state index is 0.0705. The van der Waals surface area contributed by atoms with Crippen LogP contribution in [0.4, 0.5) is 0 Å². The molecule has 1 aliphatic rings. The number of likely N-dealkylation sites (N-methyl/N-ethyl adjacent to an activating group) is 1. The molecule has 1 atom stereocenters. The molecule has 0 spiro atoms. The molecule has 0 radical (unpaired) electrons. The Morgan fingerprint density at radius 2 is 2.50 bits per heavy atom. The molecule has 18 heavy (non-hydrogen) atoms. The van der Waals surface area contributed by atoms with Crippen molar-refractivity contribution in [1.82, 2.24) is 15.5 Å². The summed E-state index contributed by atoms with van der Waals surface area (Å²) in [6, 6.07) is 4.06. The van der Waals surface area contributed by atoms with Crippen molar-refractivity contribution in [3.63, 3.8) is 0 Å². The van der Waals surface area contributed by atoms with Gasteiger partial charge in [0.1, 0.15) is 0 Å². The number of piperazine rings is 1. The lowest BCUT2D eigenvalue weighted by atomic mass is 10.2. The third-order valence-electron chi connectivity index (χ3n) is 2.99. The van der Waals surface area contributed by atoms with E-state index in [1.807, 2.05) is 13.1 Å². The van der Waals surface area contributed by atoms with Gasteiger partial charge in [-0.2, -0.15) is 0 Å². The molecule has 4 nitrogen and oxygen atoms in total. The second-order valence-electron chi connectivity index (χ2n) is 4.52. The Labute approximate surface area is 120 Å². The molecule has 2 N–H and O–H groups in total. The maximum absolute atomic E-state index is 11.9. The summed E-state index contributed by atoms with van der Waals surface area (Å²) in [5.41, 5.74) is 0.